The van der Waals surface area contributed by atoms with Crippen LogP contribution in [0.1, 0.15) is 77.6 Å². The third kappa shape index (κ3) is 10.2. The molecule has 0 bridgehead atoms. The molecule has 4 aromatic heterocycles. The average Bonchev–Trinajstić information content (AvgIpc) is 1.18. The number of thiophene rings is 2. The van der Waals surface area contributed by atoms with Crippen LogP contribution in [0.15, 0.2) is 279 Å². The van der Waals surface area contributed by atoms with Gasteiger partial charge in [0.25, 0.3) is 0 Å². The van der Waals surface area contributed by atoms with Crippen LogP contribution in [-0.4, -0.2) is 29.9 Å². The van der Waals surface area contributed by atoms with Crippen LogP contribution >= 0.6 is 22.7 Å². The Balaban J connectivity index is 0.000000147. The largest absolute Gasteiger partial charge is 0.208 e. The second kappa shape index (κ2) is 23.4. The first-order valence-electron chi connectivity index (χ1n) is 33.7. The van der Waals surface area contributed by atoms with Crippen LogP contribution in [0.5, 0.6) is 0 Å². The second-order valence-electron chi connectivity index (χ2n) is 28.2. The van der Waals surface area contributed by atoms with E-state index in [0.717, 1.165) is 38.9 Å². The average molecular weight is 1300 g/mol. The second-order valence-corrected chi connectivity index (χ2v) is 30.4. The van der Waals surface area contributed by atoms with Gasteiger partial charge in [-0.2, -0.15) is 0 Å². The van der Waals surface area contributed by atoms with Crippen molar-refractivity contribution in [2.45, 2.75) is 77.0 Å². The summed E-state index contributed by atoms with van der Waals surface area (Å²) in [5, 5.41) is 5.29. The van der Waals surface area contributed by atoms with Crippen molar-refractivity contribution in [1.29, 1.82) is 0 Å². The van der Waals surface area contributed by atoms with E-state index in [1.165, 1.54) is 102 Å². The fourth-order valence-electron chi connectivity index (χ4n) is 14.9. The maximum absolute atomic E-state index is 4.92. The van der Waals surface area contributed by atoms with Crippen molar-refractivity contribution in [3.63, 3.8) is 0 Å². The molecule has 98 heavy (non-hydrogen) atoms. The van der Waals surface area contributed by atoms with Crippen molar-refractivity contribution in [2.75, 3.05) is 0 Å². The maximum atomic E-state index is 4.92. The van der Waals surface area contributed by atoms with Gasteiger partial charge in [-0.05, 0) is 137 Å². The molecule has 12 aromatic carbocycles. The number of rotatable bonds is 8. The first kappa shape index (κ1) is 60.7. The normalized spacial score (nSPS) is 14.4. The van der Waals surface area contributed by atoms with Gasteiger partial charge in [-0.1, -0.05) is 286 Å². The van der Waals surface area contributed by atoms with E-state index in [-0.39, 0.29) is 21.7 Å². The summed E-state index contributed by atoms with van der Waals surface area (Å²) in [5.74, 6) is 3.99. The smallest absolute Gasteiger partial charge is 0.164 e. The van der Waals surface area contributed by atoms with Crippen LogP contribution in [-0.2, 0) is 21.7 Å². The lowest BCUT2D eigenvalue weighted by Gasteiger charge is -2.48. The van der Waals surface area contributed by atoms with E-state index in [1.807, 2.05) is 144 Å². The zero-order chi connectivity index (χ0) is 66.7. The fraction of sp³-hybridized carbons (Fsp3) is 0.133. The Bertz CT molecular complexity index is 5650. The molecule has 0 aliphatic heterocycles. The van der Waals surface area contributed by atoms with Gasteiger partial charge in [-0.3, -0.25) is 0 Å². The summed E-state index contributed by atoms with van der Waals surface area (Å²) >= 11 is 3.79. The van der Waals surface area contributed by atoms with Crippen LogP contribution in [0.2, 0.25) is 0 Å². The molecular weight excluding hydrogens is 1230 g/mol. The van der Waals surface area contributed by atoms with Crippen molar-refractivity contribution < 1.29 is 0 Å². The van der Waals surface area contributed by atoms with Gasteiger partial charge in [-0.25, -0.2) is 29.9 Å². The summed E-state index contributed by atoms with van der Waals surface area (Å²) in [6.07, 6.45) is 0. The zero-order valence-electron chi connectivity index (χ0n) is 56.1. The van der Waals surface area contributed by atoms with Crippen molar-refractivity contribution in [2.24, 2.45) is 0 Å². The highest BCUT2D eigenvalue weighted by Crippen LogP contribution is 2.57. The molecule has 0 N–H and O–H groups in total. The summed E-state index contributed by atoms with van der Waals surface area (Å²) in [6, 6.07) is 99.3. The van der Waals surface area contributed by atoms with Crippen molar-refractivity contribution >= 4 is 63.0 Å². The molecule has 0 radical (unpaired) electrons. The monoisotopic (exact) mass is 1300 g/mol. The predicted molar refractivity (Wildman–Crippen MR) is 412 cm³/mol. The molecule has 8 heteroatoms. The first-order valence-corrected chi connectivity index (χ1v) is 35.4. The molecule has 0 saturated heterocycles. The molecule has 6 nitrogen and oxygen atoms in total. The standard InChI is InChI=1S/2C45H35N3S/c1-44(2)37-18-12-11-17-33(37)34-27-40-36(26-38(34)45(44,3)4)35-25-32(23-24-39(35)49-40)28-19-21-31(22-20-28)43-47-41(29-13-7-5-8-14-29)46-42(48-43)30-15-9-6-10-16-30;1-44(2)37-18-12-11-17-33(37)34-26-36-35-25-32(23-24-39(35)49-40(36)27-38(34)45(44,3)4)28-19-21-31(22-20-28)43-47-41(29-13-7-5-8-14-29)46-42(48-43)30-15-9-6-10-16-30/h2*5-27H,1-4H3. The Hall–Kier alpha value is -10.9. The minimum absolute atomic E-state index is 0.00376. The molecule has 0 unspecified atom stereocenters. The molecule has 16 aromatic rings. The molecule has 18 rings (SSSR count). The van der Waals surface area contributed by atoms with Crippen LogP contribution in [0.3, 0.4) is 0 Å². The van der Waals surface area contributed by atoms with Crippen molar-refractivity contribution in [1.82, 2.24) is 29.9 Å². The van der Waals surface area contributed by atoms with Gasteiger partial charge in [-0.15, -0.1) is 22.7 Å². The van der Waals surface area contributed by atoms with Gasteiger partial charge < -0.3 is 0 Å². The van der Waals surface area contributed by atoms with Gasteiger partial charge in [0, 0.05) is 73.7 Å². The number of aromatic nitrogens is 6. The number of hydrogen-bond donors (Lipinski definition) is 0. The van der Waals surface area contributed by atoms with E-state index in [9.17, 15) is 0 Å². The highest BCUT2D eigenvalue weighted by molar-refractivity contribution is 7.26. The third-order valence-corrected chi connectivity index (χ3v) is 24.1. The summed E-state index contributed by atoms with van der Waals surface area (Å²) in [7, 11) is 0. The third-order valence-electron chi connectivity index (χ3n) is 21.8. The van der Waals surface area contributed by atoms with Crippen molar-refractivity contribution in [3.05, 3.63) is 301 Å². The number of fused-ring (bicyclic) bond motifs is 12. The summed E-state index contributed by atoms with van der Waals surface area (Å²) in [4.78, 5) is 29.4. The van der Waals surface area contributed by atoms with E-state index in [2.05, 4.69) is 213 Å². The predicted octanol–water partition coefficient (Wildman–Crippen LogP) is 24.3. The van der Waals surface area contributed by atoms with Gasteiger partial charge in [0.05, 0.1) is 0 Å². The summed E-state index contributed by atoms with van der Waals surface area (Å²) in [6.45, 7) is 19.2. The van der Waals surface area contributed by atoms with Gasteiger partial charge in [0.1, 0.15) is 0 Å². The minimum atomic E-state index is -0.0254. The molecule has 0 saturated carbocycles. The SMILES string of the molecule is CC1(C)c2ccccc2-c2cc3c(cc2C1(C)C)sc1ccc(-c2ccc(-c4nc(-c5ccccc5)nc(-c5ccccc5)n4)cc2)cc13.CC1(C)c2ccccc2-c2cc3sc4ccc(-c5ccc(-c6nc(-c7ccccc7)nc(-c7ccccc7)n6)cc5)cc4c3cc2C1(C)C. The quantitative estimate of drug-likeness (QED) is 0.151. The van der Waals surface area contributed by atoms with Crippen molar-refractivity contribution in [3.8, 4) is 113 Å². The molecule has 0 fully saturated rings. The van der Waals surface area contributed by atoms with Gasteiger partial charge in [0.2, 0.25) is 0 Å². The molecule has 2 aliphatic carbocycles. The number of nitrogens with zero attached hydrogens (tertiary/aromatic N) is 6. The first-order chi connectivity index (χ1) is 47.6. The lowest BCUT2D eigenvalue weighted by atomic mass is 9.55. The highest BCUT2D eigenvalue weighted by atomic mass is 32.1. The highest BCUT2D eigenvalue weighted by Gasteiger charge is 2.47. The molecule has 4 heterocycles. The minimum Gasteiger partial charge on any atom is -0.208 e. The van der Waals surface area contributed by atoms with E-state index in [4.69, 9.17) is 29.9 Å². The number of hydrogen-bond acceptors (Lipinski definition) is 8. The lowest BCUT2D eigenvalue weighted by molar-refractivity contribution is 0.299. The molecule has 0 amide bonds. The molecule has 0 spiro atoms. The molecule has 0 atom stereocenters. The Labute approximate surface area is 580 Å². The van der Waals surface area contributed by atoms with Crippen LogP contribution in [0.4, 0.5) is 0 Å². The summed E-state index contributed by atoms with van der Waals surface area (Å²) in [5.41, 5.74) is 21.7. The van der Waals surface area contributed by atoms with E-state index >= 15 is 0 Å². The van der Waals surface area contributed by atoms with Gasteiger partial charge >= 0.3 is 0 Å². The molecule has 472 valence electrons. The Morgan fingerprint density at radius 1 is 0.194 bits per heavy atom. The van der Waals surface area contributed by atoms with Crippen LogP contribution in [0.25, 0.3) is 153 Å². The lowest BCUT2D eigenvalue weighted by Crippen LogP contribution is -2.43. The van der Waals surface area contributed by atoms with Crippen LogP contribution in [0, 0.1) is 0 Å². The fourth-order valence-corrected chi connectivity index (χ4v) is 17.1. The Morgan fingerprint density at radius 2 is 0.459 bits per heavy atom. The zero-order valence-corrected chi connectivity index (χ0v) is 57.7. The van der Waals surface area contributed by atoms with E-state index in [1.54, 1.807) is 0 Å². The van der Waals surface area contributed by atoms with E-state index in [0.29, 0.717) is 34.9 Å². The van der Waals surface area contributed by atoms with Crippen LogP contribution < -0.4 is 0 Å². The maximum Gasteiger partial charge on any atom is 0.164 e. The van der Waals surface area contributed by atoms with E-state index < -0.39 is 0 Å². The van der Waals surface area contributed by atoms with Gasteiger partial charge in [0.15, 0.2) is 34.9 Å². The Morgan fingerprint density at radius 3 is 0.837 bits per heavy atom. The molecule has 2 aliphatic rings. The number of benzene rings is 12. The summed E-state index contributed by atoms with van der Waals surface area (Å²) < 4.78 is 5.32. The topological polar surface area (TPSA) is 77.3 Å². The molecular formula is C90H70N6S2. The Kier molecular flexibility index (Phi) is 14.5.